The van der Waals surface area contributed by atoms with Crippen LogP contribution in [0, 0.1) is 0 Å². The molecule has 0 unspecified atom stereocenters. The van der Waals surface area contributed by atoms with Crippen molar-refractivity contribution in [2.45, 2.75) is 31.7 Å². The predicted molar refractivity (Wildman–Crippen MR) is 113 cm³/mol. The summed E-state index contributed by atoms with van der Waals surface area (Å²) in [6.45, 7) is 6.27. The van der Waals surface area contributed by atoms with E-state index < -0.39 is 10.0 Å². The molecular formula is C20H26ClN3O3S. The van der Waals surface area contributed by atoms with Crippen molar-refractivity contribution in [2.75, 3.05) is 25.0 Å². The molecule has 0 spiro atoms. The molecule has 2 N–H and O–H groups in total. The van der Waals surface area contributed by atoms with Crippen molar-refractivity contribution in [3.8, 4) is 0 Å². The van der Waals surface area contributed by atoms with Crippen molar-refractivity contribution < 1.29 is 13.2 Å². The Morgan fingerprint density at radius 3 is 2.36 bits per heavy atom. The molecule has 0 aromatic heterocycles. The molecule has 1 amide bonds. The number of nitrogens with one attached hydrogen (secondary N) is 2. The number of carbonyl (C=O) groups is 1. The highest BCUT2D eigenvalue weighted by molar-refractivity contribution is 7.89. The fraction of sp³-hybridized carbons (Fsp3) is 0.350. The van der Waals surface area contributed by atoms with Crippen LogP contribution in [-0.4, -0.2) is 38.3 Å². The molecule has 0 saturated carbocycles. The highest BCUT2D eigenvalue weighted by atomic mass is 35.5. The van der Waals surface area contributed by atoms with Gasteiger partial charge in [-0.05, 0) is 30.7 Å². The number of hydrogen-bond acceptors (Lipinski definition) is 4. The zero-order chi connectivity index (χ0) is 20.7. The summed E-state index contributed by atoms with van der Waals surface area (Å²) in [7, 11) is -3.72. The maximum Gasteiger partial charge on any atom is 0.244 e. The Kier molecular flexibility index (Phi) is 8.00. The van der Waals surface area contributed by atoms with Gasteiger partial charge in [-0.25, -0.2) is 8.42 Å². The first-order valence-electron chi connectivity index (χ1n) is 9.17. The number of carbonyl (C=O) groups excluding carboxylic acids is 1. The van der Waals surface area contributed by atoms with Gasteiger partial charge in [-0.1, -0.05) is 55.8 Å². The molecule has 28 heavy (non-hydrogen) atoms. The third-order valence-electron chi connectivity index (χ3n) is 4.41. The fourth-order valence-corrected chi connectivity index (χ4v) is 4.75. The van der Waals surface area contributed by atoms with Gasteiger partial charge in [0.05, 0.1) is 11.6 Å². The summed E-state index contributed by atoms with van der Waals surface area (Å²) >= 11 is 6.11. The smallest absolute Gasteiger partial charge is 0.244 e. The van der Waals surface area contributed by atoms with Gasteiger partial charge in [0, 0.05) is 24.8 Å². The molecule has 0 heterocycles. The summed E-state index contributed by atoms with van der Waals surface area (Å²) in [6, 6.07) is 14.3. The summed E-state index contributed by atoms with van der Waals surface area (Å²) in [4.78, 5) is 12.3. The van der Waals surface area contributed by atoms with Crippen molar-refractivity contribution in [3.63, 3.8) is 0 Å². The number of amides is 1. The van der Waals surface area contributed by atoms with Crippen LogP contribution in [0.1, 0.15) is 32.4 Å². The summed E-state index contributed by atoms with van der Waals surface area (Å²) in [5, 5.41) is 5.99. The quantitative estimate of drug-likeness (QED) is 0.645. The normalized spacial score (nSPS) is 12.8. The van der Waals surface area contributed by atoms with Crippen molar-refractivity contribution in [1.29, 1.82) is 0 Å². The summed E-state index contributed by atoms with van der Waals surface area (Å²) in [5.74, 6) is -0.267. The minimum atomic E-state index is -3.72. The first-order chi connectivity index (χ1) is 13.3. The Morgan fingerprint density at radius 1 is 1.11 bits per heavy atom. The highest BCUT2D eigenvalue weighted by Gasteiger charge is 2.25. The zero-order valence-corrected chi connectivity index (χ0v) is 17.8. The minimum absolute atomic E-state index is 0.00998. The lowest BCUT2D eigenvalue weighted by molar-refractivity contribution is -0.115. The van der Waals surface area contributed by atoms with E-state index in [0.717, 1.165) is 5.56 Å². The summed E-state index contributed by atoms with van der Waals surface area (Å²) < 4.78 is 26.8. The summed E-state index contributed by atoms with van der Waals surface area (Å²) in [6.07, 6.45) is 0. The van der Waals surface area contributed by atoms with E-state index in [0.29, 0.717) is 18.8 Å². The number of nitrogens with zero attached hydrogens (tertiary/aromatic N) is 1. The number of sulfonamides is 1. The number of rotatable bonds is 9. The predicted octanol–water partition coefficient (Wildman–Crippen LogP) is 3.66. The van der Waals surface area contributed by atoms with Crippen molar-refractivity contribution in [2.24, 2.45) is 0 Å². The second-order valence-electron chi connectivity index (χ2n) is 6.30. The molecule has 6 nitrogen and oxygen atoms in total. The second-order valence-corrected chi connectivity index (χ2v) is 8.61. The molecule has 2 aromatic rings. The number of halogens is 1. The Labute approximate surface area is 171 Å². The van der Waals surface area contributed by atoms with E-state index >= 15 is 0 Å². The Balaban J connectivity index is 2.07. The van der Waals surface area contributed by atoms with Gasteiger partial charge in [0.25, 0.3) is 0 Å². The number of benzene rings is 2. The standard InChI is InChI=1S/C20H26ClN3O3S/c1-4-24(5-2)28(26,27)19-13-17(11-12-18(19)21)23-20(25)14-22-15(3)16-9-7-6-8-10-16/h6-13,15,22H,4-5,14H2,1-3H3,(H,23,25)/t15-/m0/s1. The van der Waals surface area contributed by atoms with Crippen molar-refractivity contribution in [1.82, 2.24) is 9.62 Å². The van der Waals surface area contributed by atoms with Crippen LogP contribution in [0.2, 0.25) is 5.02 Å². The Hall–Kier alpha value is -1.93. The highest BCUT2D eigenvalue weighted by Crippen LogP contribution is 2.27. The van der Waals surface area contributed by atoms with E-state index in [1.807, 2.05) is 37.3 Å². The third kappa shape index (κ3) is 5.54. The molecule has 152 valence electrons. The minimum Gasteiger partial charge on any atom is -0.325 e. The van der Waals surface area contributed by atoms with E-state index in [1.54, 1.807) is 19.9 Å². The average Bonchev–Trinajstić information content (AvgIpc) is 2.69. The SMILES string of the molecule is CCN(CC)S(=O)(=O)c1cc(NC(=O)CN[C@@H](C)c2ccccc2)ccc1Cl. The molecule has 1 atom stereocenters. The topological polar surface area (TPSA) is 78.5 Å². The monoisotopic (exact) mass is 423 g/mol. The lowest BCUT2D eigenvalue weighted by Gasteiger charge is -2.20. The maximum absolute atomic E-state index is 12.7. The summed E-state index contributed by atoms with van der Waals surface area (Å²) in [5.41, 5.74) is 1.46. The fourth-order valence-electron chi connectivity index (χ4n) is 2.79. The van der Waals surface area contributed by atoms with Crippen LogP contribution in [0.5, 0.6) is 0 Å². The van der Waals surface area contributed by atoms with Gasteiger partial charge in [-0.3, -0.25) is 4.79 Å². The first kappa shape index (κ1) is 22.4. The Bertz CT molecular complexity index is 900. The van der Waals surface area contributed by atoms with Crippen molar-refractivity contribution in [3.05, 3.63) is 59.1 Å². The Morgan fingerprint density at radius 2 is 1.75 bits per heavy atom. The van der Waals surface area contributed by atoms with E-state index in [9.17, 15) is 13.2 Å². The molecule has 0 aliphatic heterocycles. The van der Waals surface area contributed by atoms with Crippen LogP contribution in [0.25, 0.3) is 0 Å². The molecule has 0 bridgehead atoms. The van der Waals surface area contributed by atoms with Crippen LogP contribution < -0.4 is 10.6 Å². The molecular weight excluding hydrogens is 398 g/mol. The number of anilines is 1. The van der Waals surface area contributed by atoms with Gasteiger partial charge in [0.2, 0.25) is 15.9 Å². The molecule has 0 fully saturated rings. The van der Waals surface area contributed by atoms with Gasteiger partial charge < -0.3 is 10.6 Å². The molecule has 0 aliphatic carbocycles. The van der Waals surface area contributed by atoms with Crippen LogP contribution in [0.15, 0.2) is 53.4 Å². The molecule has 8 heteroatoms. The van der Waals surface area contributed by atoms with E-state index in [-0.39, 0.29) is 28.4 Å². The molecule has 2 rings (SSSR count). The van der Waals surface area contributed by atoms with Crippen LogP contribution in [0.4, 0.5) is 5.69 Å². The average molecular weight is 424 g/mol. The van der Waals surface area contributed by atoms with Gasteiger partial charge in [-0.15, -0.1) is 0 Å². The largest absolute Gasteiger partial charge is 0.325 e. The second kappa shape index (κ2) is 10.0. The maximum atomic E-state index is 12.7. The molecule has 0 radical (unpaired) electrons. The third-order valence-corrected chi connectivity index (χ3v) is 6.94. The van der Waals surface area contributed by atoms with Crippen LogP contribution in [0.3, 0.4) is 0 Å². The van der Waals surface area contributed by atoms with Gasteiger partial charge in [-0.2, -0.15) is 4.31 Å². The molecule has 0 saturated heterocycles. The van der Waals surface area contributed by atoms with Crippen LogP contribution >= 0.6 is 11.6 Å². The zero-order valence-electron chi connectivity index (χ0n) is 16.3. The lowest BCUT2D eigenvalue weighted by Crippen LogP contribution is -2.31. The molecule has 2 aromatic carbocycles. The van der Waals surface area contributed by atoms with Gasteiger partial charge in [0.1, 0.15) is 4.90 Å². The van der Waals surface area contributed by atoms with Crippen LogP contribution in [-0.2, 0) is 14.8 Å². The first-order valence-corrected chi connectivity index (χ1v) is 11.0. The van der Waals surface area contributed by atoms with Gasteiger partial charge in [0.15, 0.2) is 0 Å². The molecule has 0 aliphatic rings. The van der Waals surface area contributed by atoms with E-state index in [4.69, 9.17) is 11.6 Å². The number of hydrogen-bond donors (Lipinski definition) is 2. The van der Waals surface area contributed by atoms with Gasteiger partial charge >= 0.3 is 0 Å². The lowest BCUT2D eigenvalue weighted by atomic mass is 10.1. The van der Waals surface area contributed by atoms with E-state index in [1.165, 1.54) is 16.4 Å². The van der Waals surface area contributed by atoms with Crippen molar-refractivity contribution >= 4 is 33.2 Å². The van der Waals surface area contributed by atoms with E-state index in [2.05, 4.69) is 10.6 Å².